The van der Waals surface area contributed by atoms with E-state index in [9.17, 15) is 20.4 Å². The molecule has 27 heavy (non-hydrogen) atoms. The van der Waals surface area contributed by atoms with E-state index < -0.39 is 30.5 Å². The van der Waals surface area contributed by atoms with Crippen molar-refractivity contribution in [2.75, 3.05) is 6.61 Å². The molecule has 3 fully saturated rings. The van der Waals surface area contributed by atoms with Gasteiger partial charge in [0.1, 0.15) is 24.4 Å². The highest BCUT2D eigenvalue weighted by molar-refractivity contribution is 4.97. The molecule has 3 rings (SSSR count). The predicted molar refractivity (Wildman–Crippen MR) is 101 cm³/mol. The molecular weight excluding hydrogens is 348 g/mol. The second kappa shape index (κ2) is 8.64. The van der Waals surface area contributed by atoms with Gasteiger partial charge in [0.2, 0.25) is 0 Å². The lowest BCUT2D eigenvalue weighted by Crippen LogP contribution is -2.58. The zero-order chi connectivity index (χ0) is 19.8. The summed E-state index contributed by atoms with van der Waals surface area (Å²) in [6, 6.07) is 0. The third kappa shape index (κ3) is 4.85. The summed E-state index contributed by atoms with van der Waals surface area (Å²) in [5, 5.41) is 39.8. The first kappa shape index (κ1) is 21.5. The summed E-state index contributed by atoms with van der Waals surface area (Å²) in [5.74, 6) is 1.11. The van der Waals surface area contributed by atoms with Gasteiger partial charge in [0.05, 0.1) is 24.9 Å². The molecule has 3 aliphatic rings. The van der Waals surface area contributed by atoms with Crippen LogP contribution in [0.1, 0.15) is 65.7 Å². The summed E-state index contributed by atoms with van der Waals surface area (Å²) in [7, 11) is 0. The van der Waals surface area contributed by atoms with Gasteiger partial charge in [-0.05, 0) is 62.2 Å². The van der Waals surface area contributed by atoms with Gasteiger partial charge in [-0.25, -0.2) is 0 Å². The summed E-state index contributed by atoms with van der Waals surface area (Å²) in [6.07, 6.45) is 2.76. The van der Waals surface area contributed by atoms with E-state index in [-0.39, 0.29) is 18.1 Å². The molecule has 0 spiro atoms. The maximum Gasteiger partial charge on any atom is 0.111 e. The second-order valence-electron chi connectivity index (χ2n) is 9.87. The highest BCUT2D eigenvalue weighted by Gasteiger charge is 2.48. The molecule has 1 saturated heterocycles. The molecule has 0 amide bonds. The van der Waals surface area contributed by atoms with Crippen molar-refractivity contribution in [2.24, 2.45) is 17.3 Å². The summed E-state index contributed by atoms with van der Waals surface area (Å²) in [5.41, 5.74) is 0.0609. The summed E-state index contributed by atoms with van der Waals surface area (Å²) in [6.45, 7) is 6.40. The Balaban J connectivity index is 1.57. The third-order valence-electron chi connectivity index (χ3n) is 7.26. The lowest BCUT2D eigenvalue weighted by molar-refractivity contribution is -0.233. The van der Waals surface area contributed by atoms with E-state index in [1.54, 1.807) is 0 Å². The van der Waals surface area contributed by atoms with Crippen molar-refractivity contribution in [2.45, 2.75) is 108 Å². The Morgan fingerprint density at radius 3 is 2.19 bits per heavy atom. The van der Waals surface area contributed by atoms with Crippen LogP contribution in [0, 0.1) is 17.3 Å². The smallest absolute Gasteiger partial charge is 0.111 e. The number of aliphatic hydroxyl groups is 4. The number of rotatable bonds is 5. The van der Waals surface area contributed by atoms with Gasteiger partial charge in [-0.1, -0.05) is 20.8 Å². The molecule has 2 aliphatic carbocycles. The van der Waals surface area contributed by atoms with Crippen LogP contribution in [0.15, 0.2) is 0 Å². The first-order chi connectivity index (χ1) is 12.7. The van der Waals surface area contributed by atoms with E-state index in [1.807, 2.05) is 0 Å². The number of hydrogen-bond acceptors (Lipinski definition) is 6. The molecule has 7 atom stereocenters. The molecule has 6 heteroatoms. The monoisotopic (exact) mass is 386 g/mol. The van der Waals surface area contributed by atoms with E-state index in [4.69, 9.17) is 9.47 Å². The topological polar surface area (TPSA) is 99.4 Å². The Kier molecular flexibility index (Phi) is 6.87. The van der Waals surface area contributed by atoms with Crippen LogP contribution in [0.25, 0.3) is 0 Å². The lowest BCUT2D eigenvalue weighted by Gasteiger charge is -2.42. The first-order valence-corrected chi connectivity index (χ1v) is 10.7. The summed E-state index contributed by atoms with van der Waals surface area (Å²) >= 11 is 0. The van der Waals surface area contributed by atoms with Gasteiger partial charge in [-0.15, -0.1) is 0 Å². The van der Waals surface area contributed by atoms with E-state index in [0.717, 1.165) is 31.6 Å². The molecule has 0 bridgehead atoms. The number of aliphatic hydroxyl groups excluding tert-OH is 4. The van der Waals surface area contributed by atoms with Gasteiger partial charge in [0.25, 0.3) is 0 Å². The Hall–Kier alpha value is -0.240. The summed E-state index contributed by atoms with van der Waals surface area (Å²) in [4.78, 5) is 0. The van der Waals surface area contributed by atoms with E-state index in [0.29, 0.717) is 18.4 Å². The van der Waals surface area contributed by atoms with Crippen LogP contribution in [0.5, 0.6) is 0 Å². The van der Waals surface area contributed by atoms with Crippen LogP contribution in [0.4, 0.5) is 0 Å². The van der Waals surface area contributed by atoms with Gasteiger partial charge in [-0.3, -0.25) is 0 Å². The Morgan fingerprint density at radius 1 is 0.926 bits per heavy atom. The van der Waals surface area contributed by atoms with E-state index >= 15 is 0 Å². The van der Waals surface area contributed by atoms with Gasteiger partial charge in [0.15, 0.2) is 0 Å². The highest BCUT2D eigenvalue weighted by Crippen LogP contribution is 2.48. The fourth-order valence-corrected chi connectivity index (χ4v) is 5.28. The molecule has 0 aromatic carbocycles. The molecule has 1 aliphatic heterocycles. The Bertz CT molecular complexity index is 473. The fourth-order valence-electron chi connectivity index (χ4n) is 5.28. The van der Waals surface area contributed by atoms with Gasteiger partial charge in [-0.2, -0.15) is 0 Å². The minimum absolute atomic E-state index is 0.0609. The van der Waals surface area contributed by atoms with Crippen LogP contribution < -0.4 is 0 Å². The van der Waals surface area contributed by atoms with Crippen LogP contribution in [0.3, 0.4) is 0 Å². The largest absolute Gasteiger partial charge is 0.394 e. The Morgan fingerprint density at radius 2 is 1.56 bits per heavy atom. The fraction of sp³-hybridized carbons (Fsp3) is 1.00. The molecule has 3 unspecified atom stereocenters. The van der Waals surface area contributed by atoms with E-state index in [1.165, 1.54) is 12.8 Å². The molecule has 158 valence electrons. The van der Waals surface area contributed by atoms with Gasteiger partial charge >= 0.3 is 0 Å². The van der Waals surface area contributed by atoms with Crippen LogP contribution in [-0.4, -0.2) is 69.8 Å². The van der Waals surface area contributed by atoms with Gasteiger partial charge in [0, 0.05) is 0 Å². The minimum atomic E-state index is -1.29. The van der Waals surface area contributed by atoms with Crippen molar-refractivity contribution < 1.29 is 29.9 Å². The van der Waals surface area contributed by atoms with Crippen molar-refractivity contribution in [3.63, 3.8) is 0 Å². The second-order valence-corrected chi connectivity index (χ2v) is 9.87. The SMILES string of the molecule is CC1CCC(OC2CC(CC3O[C@H](CO)[C@H](O)[C@H](O)[C@H]3O)C(C)(C)C2)CC1. The van der Waals surface area contributed by atoms with Crippen molar-refractivity contribution in [1.82, 2.24) is 0 Å². The zero-order valence-electron chi connectivity index (χ0n) is 17.0. The average molecular weight is 387 g/mol. The third-order valence-corrected chi connectivity index (χ3v) is 7.26. The standard InChI is InChI=1S/C21H38O6/c1-12-4-6-14(7-5-12)26-15-8-13(21(2,3)10-15)9-16-18(23)20(25)19(24)17(11-22)27-16/h12-20,22-25H,4-11H2,1-3H3/t12?,13?,14?,15?,16?,17-,18+,19+,20-/m1/s1. The van der Waals surface area contributed by atoms with Crippen molar-refractivity contribution in [1.29, 1.82) is 0 Å². The van der Waals surface area contributed by atoms with Crippen LogP contribution in [-0.2, 0) is 9.47 Å². The quantitative estimate of drug-likeness (QED) is 0.573. The predicted octanol–water partition coefficient (Wildman–Crippen LogP) is 1.62. The van der Waals surface area contributed by atoms with E-state index in [2.05, 4.69) is 20.8 Å². The maximum atomic E-state index is 10.4. The van der Waals surface area contributed by atoms with Gasteiger partial charge < -0.3 is 29.9 Å². The normalized spacial score (nSPS) is 47.9. The van der Waals surface area contributed by atoms with Crippen molar-refractivity contribution in [3.8, 4) is 0 Å². The molecule has 4 N–H and O–H groups in total. The first-order valence-electron chi connectivity index (χ1n) is 10.7. The van der Waals surface area contributed by atoms with Crippen LogP contribution >= 0.6 is 0 Å². The lowest BCUT2D eigenvalue weighted by atomic mass is 9.77. The van der Waals surface area contributed by atoms with Crippen molar-refractivity contribution >= 4 is 0 Å². The molecule has 2 saturated carbocycles. The molecule has 1 heterocycles. The molecule has 0 aromatic heterocycles. The molecular formula is C21H38O6. The molecule has 0 aromatic rings. The number of hydrogen-bond donors (Lipinski definition) is 4. The Labute approximate surface area is 162 Å². The maximum absolute atomic E-state index is 10.4. The summed E-state index contributed by atoms with van der Waals surface area (Å²) < 4.78 is 12.2. The molecule has 6 nitrogen and oxygen atoms in total. The molecule has 0 radical (unpaired) electrons. The van der Waals surface area contributed by atoms with Crippen molar-refractivity contribution in [3.05, 3.63) is 0 Å². The zero-order valence-corrected chi connectivity index (χ0v) is 17.0. The minimum Gasteiger partial charge on any atom is -0.394 e. The average Bonchev–Trinajstić information content (AvgIpc) is 2.90. The van der Waals surface area contributed by atoms with Crippen LogP contribution in [0.2, 0.25) is 0 Å². The number of ether oxygens (including phenoxy) is 2. The highest BCUT2D eigenvalue weighted by atomic mass is 16.5.